The van der Waals surface area contributed by atoms with Crippen molar-refractivity contribution in [2.75, 3.05) is 54.8 Å². The number of nitrogens with one attached hydrogen (secondary N) is 1. The summed E-state index contributed by atoms with van der Waals surface area (Å²) in [6, 6.07) is 21.0. The number of fused-ring (bicyclic) bond motifs is 5. The molecule has 3 fully saturated rings. The number of carbonyl (C=O) groups is 2. The summed E-state index contributed by atoms with van der Waals surface area (Å²) in [5, 5.41) is 2.92. The van der Waals surface area contributed by atoms with E-state index in [2.05, 4.69) is 55.3 Å². The van der Waals surface area contributed by atoms with Crippen LogP contribution in [0.4, 0.5) is 17.1 Å². The Bertz CT molecular complexity index is 2050. The quantitative estimate of drug-likeness (QED) is 0.233. The largest absolute Gasteiger partial charge is 0.398 e. The third-order valence-corrected chi connectivity index (χ3v) is 10.4. The van der Waals surface area contributed by atoms with Crippen molar-refractivity contribution in [3.63, 3.8) is 0 Å². The van der Waals surface area contributed by atoms with Crippen molar-refractivity contribution >= 4 is 56.6 Å². The van der Waals surface area contributed by atoms with Crippen molar-refractivity contribution < 1.29 is 9.59 Å². The average molecular weight is 619 g/mol. The smallest absolute Gasteiger partial charge is 0.284 e. The van der Waals surface area contributed by atoms with E-state index in [1.54, 1.807) is 6.07 Å². The Kier molecular flexibility index (Phi) is 6.93. The molecule has 3 aromatic carbocycles. The number of aryl methyl sites for hydroxylation is 1. The molecular weight excluding hydrogens is 580 g/mol. The van der Waals surface area contributed by atoms with Gasteiger partial charge in [0.05, 0.1) is 27.9 Å². The van der Waals surface area contributed by atoms with Gasteiger partial charge in [-0.2, -0.15) is 4.98 Å². The summed E-state index contributed by atoms with van der Waals surface area (Å²) in [6.45, 7) is 6.02. The highest BCUT2D eigenvalue weighted by Gasteiger charge is 2.30. The molecule has 8 rings (SSSR count). The number of imidazole rings is 1. The van der Waals surface area contributed by atoms with Gasteiger partial charge in [-0.05, 0) is 67.3 Å². The van der Waals surface area contributed by atoms with E-state index in [0.717, 1.165) is 74.2 Å². The molecule has 2 aromatic heterocycles. The molecular formula is C35H38N8O3. The molecule has 11 heteroatoms. The van der Waals surface area contributed by atoms with Crippen LogP contribution in [-0.4, -0.2) is 76.0 Å². The number of piperidine rings is 2. The lowest BCUT2D eigenvalue weighted by Crippen LogP contribution is -2.53. The first-order valence-electron chi connectivity index (χ1n) is 16.2. The molecule has 3 aliphatic heterocycles. The number of imide groups is 1. The zero-order chi connectivity index (χ0) is 31.5. The molecule has 1 unspecified atom stereocenters. The van der Waals surface area contributed by atoms with Crippen molar-refractivity contribution in [3.05, 3.63) is 76.6 Å². The number of nitrogens with zero attached hydrogens (tertiary/aromatic N) is 6. The van der Waals surface area contributed by atoms with E-state index in [0.29, 0.717) is 35.7 Å². The van der Waals surface area contributed by atoms with Gasteiger partial charge in [0.15, 0.2) is 0 Å². The summed E-state index contributed by atoms with van der Waals surface area (Å²) >= 11 is 0. The number of nitrogens with two attached hydrogens (primary N) is 1. The van der Waals surface area contributed by atoms with Gasteiger partial charge in [0.2, 0.25) is 17.6 Å². The molecule has 3 saturated heterocycles. The van der Waals surface area contributed by atoms with Crippen molar-refractivity contribution in [1.29, 1.82) is 0 Å². The lowest BCUT2D eigenvalue weighted by atomic mass is 9.90. The molecule has 0 radical (unpaired) electrons. The van der Waals surface area contributed by atoms with Crippen LogP contribution >= 0.6 is 0 Å². The lowest BCUT2D eigenvalue weighted by Gasteiger charge is -2.44. The third kappa shape index (κ3) is 4.77. The van der Waals surface area contributed by atoms with Crippen LogP contribution in [0.25, 0.3) is 27.7 Å². The van der Waals surface area contributed by atoms with E-state index in [4.69, 9.17) is 5.73 Å². The fourth-order valence-electron chi connectivity index (χ4n) is 7.78. The normalized spacial score (nSPS) is 20.2. The van der Waals surface area contributed by atoms with Gasteiger partial charge in [0.1, 0.15) is 0 Å². The second-order valence-electron chi connectivity index (χ2n) is 12.9. The third-order valence-electron chi connectivity index (χ3n) is 10.4. The van der Waals surface area contributed by atoms with Crippen LogP contribution in [0.2, 0.25) is 0 Å². The van der Waals surface area contributed by atoms with Gasteiger partial charge >= 0.3 is 0 Å². The van der Waals surface area contributed by atoms with Crippen LogP contribution in [0, 0.1) is 0 Å². The predicted octanol–water partition coefficient (Wildman–Crippen LogP) is 3.23. The van der Waals surface area contributed by atoms with E-state index in [1.165, 1.54) is 11.4 Å². The Hall–Kier alpha value is -4.90. The first-order valence-corrected chi connectivity index (χ1v) is 16.2. The van der Waals surface area contributed by atoms with Crippen molar-refractivity contribution in [3.8, 4) is 0 Å². The van der Waals surface area contributed by atoms with Crippen LogP contribution in [-0.2, 0) is 16.6 Å². The molecule has 2 amide bonds. The summed E-state index contributed by atoms with van der Waals surface area (Å²) in [6.07, 6.45) is 3.21. The standard InChI is InChI=1S/C35H38N8O3/c1-39-30-21-25(9-11-28(30)43-29-4-2-3-27(36)32(29)34(46)38-35(39)43)40-15-13-24(14-16-40)42-19-17-41(18-20-42)23-7-5-22(6-8-23)26-10-12-31(44)37-33(26)45/h2-9,11,21,24,26H,10,12-20,36H2,1H3,(H,37,44,45). The number of aromatic nitrogens is 3. The summed E-state index contributed by atoms with van der Waals surface area (Å²) in [5.41, 5.74) is 12.5. The maximum Gasteiger partial charge on any atom is 0.284 e. The highest BCUT2D eigenvalue weighted by molar-refractivity contribution is 6.01. The van der Waals surface area contributed by atoms with Crippen LogP contribution < -0.4 is 26.4 Å². The lowest BCUT2D eigenvalue weighted by molar-refractivity contribution is -0.134. The van der Waals surface area contributed by atoms with E-state index in [9.17, 15) is 14.4 Å². The minimum atomic E-state index is -0.301. The summed E-state index contributed by atoms with van der Waals surface area (Å²) in [7, 11) is 1.96. The van der Waals surface area contributed by atoms with Crippen LogP contribution in [0.5, 0.6) is 0 Å². The molecule has 3 aliphatic rings. The maximum atomic E-state index is 12.8. The molecule has 0 aliphatic carbocycles. The zero-order valence-corrected chi connectivity index (χ0v) is 26.0. The molecule has 11 nitrogen and oxygen atoms in total. The molecule has 236 valence electrons. The first kappa shape index (κ1) is 28.6. The monoisotopic (exact) mass is 618 g/mol. The van der Waals surface area contributed by atoms with Gasteiger partial charge in [-0.25, -0.2) is 0 Å². The average Bonchev–Trinajstić information content (AvgIpc) is 3.35. The summed E-state index contributed by atoms with van der Waals surface area (Å²) in [5.74, 6) is -0.000376. The van der Waals surface area contributed by atoms with Gasteiger partial charge in [-0.1, -0.05) is 18.2 Å². The van der Waals surface area contributed by atoms with E-state index < -0.39 is 0 Å². The van der Waals surface area contributed by atoms with Crippen molar-refractivity contribution in [1.82, 2.24) is 24.2 Å². The number of hydrogen-bond acceptors (Lipinski definition) is 8. The molecule has 0 saturated carbocycles. The Labute approximate surface area is 266 Å². The number of anilines is 3. The molecule has 0 spiro atoms. The number of piperazine rings is 1. The topological polar surface area (TPSA) is 121 Å². The molecule has 5 aromatic rings. The van der Waals surface area contributed by atoms with Crippen LogP contribution in [0.15, 0.2) is 65.5 Å². The second-order valence-corrected chi connectivity index (χ2v) is 12.9. The van der Waals surface area contributed by atoms with Gasteiger partial charge in [0, 0.05) is 75.8 Å². The van der Waals surface area contributed by atoms with Gasteiger partial charge in [-0.15, -0.1) is 0 Å². The number of nitrogen functional groups attached to an aromatic ring is 1. The maximum absolute atomic E-state index is 12.8. The van der Waals surface area contributed by atoms with Gasteiger partial charge in [0.25, 0.3) is 5.56 Å². The van der Waals surface area contributed by atoms with E-state index >= 15 is 0 Å². The van der Waals surface area contributed by atoms with Crippen LogP contribution in [0.3, 0.4) is 0 Å². The van der Waals surface area contributed by atoms with Crippen molar-refractivity contribution in [2.45, 2.75) is 37.6 Å². The predicted molar refractivity (Wildman–Crippen MR) is 180 cm³/mol. The SMILES string of the molecule is Cn1c2cc(N3CCC(N4CCN(c5ccc(C6CCC(=O)NC6=O)cc5)CC4)CC3)ccc2n2c3cccc(N)c3c(=O)nc12. The highest BCUT2D eigenvalue weighted by atomic mass is 16.2. The fourth-order valence-corrected chi connectivity index (χ4v) is 7.78. The minimum Gasteiger partial charge on any atom is -0.398 e. The highest BCUT2D eigenvalue weighted by Crippen LogP contribution is 2.31. The first-order chi connectivity index (χ1) is 22.4. The molecule has 1 atom stereocenters. The number of carbonyl (C=O) groups excluding carboxylic acids is 2. The second kappa shape index (κ2) is 11.2. The molecule has 46 heavy (non-hydrogen) atoms. The van der Waals surface area contributed by atoms with E-state index in [1.807, 2.05) is 40.3 Å². The number of benzene rings is 3. The van der Waals surface area contributed by atoms with Crippen LogP contribution in [0.1, 0.15) is 37.2 Å². The van der Waals surface area contributed by atoms with E-state index in [-0.39, 0.29) is 23.3 Å². The minimum absolute atomic E-state index is 0.179. The zero-order valence-electron chi connectivity index (χ0n) is 26.0. The number of hydrogen-bond donors (Lipinski definition) is 2. The Morgan fingerprint density at radius 3 is 2.24 bits per heavy atom. The Balaban J connectivity index is 0.915. The fraction of sp³-hybridized carbons (Fsp3) is 0.371. The number of amides is 2. The summed E-state index contributed by atoms with van der Waals surface area (Å²) in [4.78, 5) is 48.6. The van der Waals surface area contributed by atoms with Gasteiger partial charge in [-0.3, -0.25) is 29.0 Å². The Morgan fingerprint density at radius 2 is 1.50 bits per heavy atom. The number of rotatable bonds is 4. The molecule has 0 bridgehead atoms. The van der Waals surface area contributed by atoms with Gasteiger partial charge < -0.3 is 20.1 Å². The molecule has 5 heterocycles. The van der Waals surface area contributed by atoms with Crippen molar-refractivity contribution in [2.24, 2.45) is 7.05 Å². The Morgan fingerprint density at radius 1 is 0.783 bits per heavy atom. The molecule has 3 N–H and O–H groups in total. The summed E-state index contributed by atoms with van der Waals surface area (Å²) < 4.78 is 4.03.